The van der Waals surface area contributed by atoms with E-state index in [-0.39, 0.29) is 17.5 Å². The number of benzene rings is 4. The molecule has 1 aliphatic rings. The Labute approximate surface area is 329 Å². The van der Waals surface area contributed by atoms with Gasteiger partial charge in [-0.05, 0) is 98.9 Å². The Morgan fingerprint density at radius 2 is 1.00 bits per heavy atom. The van der Waals surface area contributed by atoms with Crippen molar-refractivity contribution in [2.45, 2.75) is 77.8 Å². The number of rotatable bonds is 24. The Kier molecular flexibility index (Phi) is 16.1. The van der Waals surface area contributed by atoms with Gasteiger partial charge >= 0.3 is 11.9 Å². The van der Waals surface area contributed by atoms with Gasteiger partial charge in [-0.15, -0.1) is 0 Å². The number of fused-ring (bicyclic) bond motifs is 2. The van der Waals surface area contributed by atoms with Gasteiger partial charge in [-0.3, -0.25) is 14.4 Å². The monoisotopic (exact) mass is 760 g/mol. The summed E-state index contributed by atoms with van der Waals surface area (Å²) in [6.07, 6.45) is 8.98. The number of nitrogens with one attached hydrogen (secondary N) is 2. The van der Waals surface area contributed by atoms with Gasteiger partial charge in [-0.1, -0.05) is 62.0 Å². The van der Waals surface area contributed by atoms with Crippen LogP contribution in [0.1, 0.15) is 108 Å². The van der Waals surface area contributed by atoms with E-state index < -0.39 is 5.97 Å². The lowest BCUT2D eigenvalue weighted by atomic mass is 9.82. The van der Waals surface area contributed by atoms with Crippen LogP contribution in [-0.2, 0) is 32.2 Å². The van der Waals surface area contributed by atoms with Crippen LogP contribution in [0.5, 0.6) is 11.5 Å². The molecule has 0 unspecified atom stereocenters. The van der Waals surface area contributed by atoms with Crippen LogP contribution < -0.4 is 20.1 Å². The minimum absolute atomic E-state index is 0.156. The Hall–Kier alpha value is -5.90. The van der Waals surface area contributed by atoms with E-state index in [4.69, 9.17) is 18.9 Å². The minimum Gasteiger partial charge on any atom is -0.494 e. The number of ketones is 2. The van der Waals surface area contributed by atoms with Crippen LogP contribution in [-0.4, -0.2) is 49.9 Å². The molecule has 0 spiro atoms. The number of carbonyl (C=O) groups is 4. The molecule has 2 N–H and O–H groups in total. The van der Waals surface area contributed by atoms with Crippen LogP contribution in [0.2, 0.25) is 0 Å². The fraction of sp³-hybridized carbons (Fsp3) is 0.348. The molecule has 0 aliphatic heterocycles. The molecule has 10 heteroatoms. The molecule has 56 heavy (non-hydrogen) atoms. The standard InChI is InChI=1S/C46H52N2O8/c1-3-41(49)55-29-13-7-5-11-27-53-35-21-17-33(18-22-35)31-47-39-25-26-40(44-43(39)45(51)37-15-9-10-16-38(37)46(44)52)48-32-34-19-23-36(24-20-34)54-28-12-6-8-14-30-56-42(50)4-2/h3,9-10,15-26,47-48H,1,4-8,11-14,27-32H2,2H3. The topological polar surface area (TPSA) is 129 Å². The molecule has 294 valence electrons. The molecule has 0 atom stereocenters. The predicted octanol–water partition coefficient (Wildman–Crippen LogP) is 9.25. The Morgan fingerprint density at radius 1 is 0.571 bits per heavy atom. The highest BCUT2D eigenvalue weighted by Gasteiger charge is 2.33. The molecular formula is C46H52N2O8. The fourth-order valence-electron chi connectivity index (χ4n) is 6.33. The molecule has 0 radical (unpaired) electrons. The quantitative estimate of drug-likeness (QED) is 0.0357. The van der Waals surface area contributed by atoms with Crippen molar-refractivity contribution < 1.29 is 38.1 Å². The third kappa shape index (κ3) is 12.1. The van der Waals surface area contributed by atoms with Crippen LogP contribution in [0.3, 0.4) is 0 Å². The number of hydrogen-bond donors (Lipinski definition) is 2. The maximum atomic E-state index is 14.0. The maximum Gasteiger partial charge on any atom is 0.330 e. The van der Waals surface area contributed by atoms with Gasteiger partial charge in [0, 0.05) is 48.1 Å². The van der Waals surface area contributed by atoms with Crippen molar-refractivity contribution in [1.82, 2.24) is 0 Å². The van der Waals surface area contributed by atoms with Crippen molar-refractivity contribution in [3.8, 4) is 11.5 Å². The molecule has 5 rings (SSSR count). The molecule has 1 aliphatic carbocycles. The molecule has 0 saturated heterocycles. The number of ether oxygens (including phenoxy) is 4. The highest BCUT2D eigenvalue weighted by Crippen LogP contribution is 2.37. The summed E-state index contributed by atoms with van der Waals surface area (Å²) in [5, 5.41) is 6.83. The number of esters is 2. The highest BCUT2D eigenvalue weighted by atomic mass is 16.5. The lowest BCUT2D eigenvalue weighted by Gasteiger charge is -2.24. The molecule has 0 saturated carbocycles. The smallest absolute Gasteiger partial charge is 0.330 e. The summed E-state index contributed by atoms with van der Waals surface area (Å²) in [7, 11) is 0. The number of unbranched alkanes of at least 4 members (excludes halogenated alkanes) is 6. The second-order valence-electron chi connectivity index (χ2n) is 13.6. The van der Waals surface area contributed by atoms with E-state index in [0.29, 0.717) is 79.6 Å². The van der Waals surface area contributed by atoms with Crippen molar-refractivity contribution in [1.29, 1.82) is 0 Å². The summed E-state index contributed by atoms with van der Waals surface area (Å²) < 4.78 is 21.9. The van der Waals surface area contributed by atoms with Crippen molar-refractivity contribution in [2.24, 2.45) is 0 Å². The van der Waals surface area contributed by atoms with Crippen molar-refractivity contribution in [3.05, 3.63) is 131 Å². The van der Waals surface area contributed by atoms with E-state index in [2.05, 4.69) is 17.2 Å². The van der Waals surface area contributed by atoms with E-state index in [1.165, 1.54) is 6.08 Å². The van der Waals surface area contributed by atoms with E-state index in [1.807, 2.05) is 60.7 Å². The molecule has 10 nitrogen and oxygen atoms in total. The summed E-state index contributed by atoms with van der Waals surface area (Å²) >= 11 is 0. The number of anilines is 2. The third-order valence-corrected chi connectivity index (χ3v) is 9.47. The summed E-state index contributed by atoms with van der Waals surface area (Å²) in [4.78, 5) is 50.2. The van der Waals surface area contributed by atoms with E-state index in [0.717, 1.165) is 74.0 Å². The van der Waals surface area contributed by atoms with Crippen molar-refractivity contribution >= 4 is 34.9 Å². The lowest BCUT2D eigenvalue weighted by Crippen LogP contribution is -2.24. The zero-order valence-electron chi connectivity index (χ0n) is 32.2. The molecule has 0 aromatic heterocycles. The first-order valence-corrected chi connectivity index (χ1v) is 19.6. The second kappa shape index (κ2) is 21.9. The van der Waals surface area contributed by atoms with Gasteiger partial charge in [0.25, 0.3) is 0 Å². The SMILES string of the molecule is C=CC(=O)OCCCCCCOc1ccc(CNc2ccc(NCc3ccc(OCCCCCCOC(=O)CC)cc3)c3c2C(=O)c2ccccc2C3=O)cc1. The van der Waals surface area contributed by atoms with Gasteiger partial charge in [-0.2, -0.15) is 0 Å². The first kappa shape index (κ1) is 41.3. The first-order chi connectivity index (χ1) is 27.4. The second-order valence-corrected chi connectivity index (χ2v) is 13.6. The maximum absolute atomic E-state index is 14.0. The van der Waals surface area contributed by atoms with Gasteiger partial charge in [-0.25, -0.2) is 4.79 Å². The third-order valence-electron chi connectivity index (χ3n) is 9.47. The van der Waals surface area contributed by atoms with Gasteiger partial charge in [0.05, 0.1) is 37.6 Å². The average Bonchev–Trinajstić information content (AvgIpc) is 3.23. The molecule has 0 fully saturated rings. The van der Waals surface area contributed by atoms with Crippen LogP contribution in [0.15, 0.2) is 97.6 Å². The van der Waals surface area contributed by atoms with Crippen LogP contribution in [0.4, 0.5) is 11.4 Å². The summed E-state index contributed by atoms with van der Waals surface area (Å²) in [6, 6.07) is 26.3. The molecular weight excluding hydrogens is 709 g/mol. The normalized spacial score (nSPS) is 11.6. The van der Waals surface area contributed by atoms with Crippen molar-refractivity contribution in [3.63, 3.8) is 0 Å². The van der Waals surface area contributed by atoms with Gasteiger partial charge < -0.3 is 29.6 Å². The zero-order valence-corrected chi connectivity index (χ0v) is 32.2. The molecule has 4 aromatic rings. The van der Waals surface area contributed by atoms with Gasteiger partial charge in [0.1, 0.15) is 11.5 Å². The van der Waals surface area contributed by atoms with E-state index >= 15 is 0 Å². The lowest BCUT2D eigenvalue weighted by molar-refractivity contribution is -0.143. The van der Waals surface area contributed by atoms with Gasteiger partial charge in [0.2, 0.25) is 0 Å². The minimum atomic E-state index is -0.391. The predicted molar refractivity (Wildman–Crippen MR) is 218 cm³/mol. The summed E-state index contributed by atoms with van der Waals surface area (Å²) in [5.41, 5.74) is 4.72. The number of carbonyl (C=O) groups excluding carboxylic acids is 4. The van der Waals surface area contributed by atoms with E-state index in [1.54, 1.807) is 31.2 Å². The van der Waals surface area contributed by atoms with E-state index in [9.17, 15) is 19.2 Å². The zero-order chi connectivity index (χ0) is 39.5. The first-order valence-electron chi connectivity index (χ1n) is 19.6. The Balaban J connectivity index is 1.13. The average molecular weight is 761 g/mol. The Morgan fingerprint density at radius 3 is 1.43 bits per heavy atom. The largest absolute Gasteiger partial charge is 0.494 e. The van der Waals surface area contributed by atoms with Crippen LogP contribution in [0, 0.1) is 0 Å². The van der Waals surface area contributed by atoms with Crippen LogP contribution >= 0.6 is 0 Å². The van der Waals surface area contributed by atoms with Gasteiger partial charge in [0.15, 0.2) is 11.6 Å². The Bertz CT molecular complexity index is 1940. The van der Waals surface area contributed by atoms with Crippen LogP contribution in [0.25, 0.3) is 0 Å². The molecule has 0 amide bonds. The highest BCUT2D eigenvalue weighted by molar-refractivity contribution is 6.31. The number of hydrogen-bond acceptors (Lipinski definition) is 10. The molecule has 0 heterocycles. The summed E-state index contributed by atoms with van der Waals surface area (Å²) in [5.74, 6) is 0.632. The summed E-state index contributed by atoms with van der Waals surface area (Å²) in [6.45, 7) is 8.16. The molecule has 0 bridgehead atoms. The van der Waals surface area contributed by atoms with Crippen molar-refractivity contribution in [2.75, 3.05) is 37.1 Å². The molecule has 4 aromatic carbocycles. The fourth-order valence-corrected chi connectivity index (χ4v) is 6.33.